The van der Waals surface area contributed by atoms with E-state index < -0.39 is 0 Å². The summed E-state index contributed by atoms with van der Waals surface area (Å²) < 4.78 is 2.05. The summed E-state index contributed by atoms with van der Waals surface area (Å²) in [5.74, 6) is 0.954. The van der Waals surface area contributed by atoms with E-state index in [-0.39, 0.29) is 0 Å². The highest BCUT2D eigenvalue weighted by molar-refractivity contribution is 9.09. The maximum Gasteiger partial charge on any atom is 0.0521 e. The number of nitrogens with zero attached hydrogens (tertiary/aromatic N) is 2. The van der Waals surface area contributed by atoms with Crippen molar-refractivity contribution in [3.05, 3.63) is 18.0 Å². The maximum absolute atomic E-state index is 4.35. The molecule has 1 unspecified atom stereocenters. The molecule has 0 amide bonds. The summed E-state index contributed by atoms with van der Waals surface area (Å²) in [5, 5.41) is 4.35. The van der Waals surface area contributed by atoms with Crippen LogP contribution in [0.1, 0.15) is 38.2 Å². The topological polar surface area (TPSA) is 17.8 Å². The molecule has 0 radical (unpaired) electrons. The molecule has 3 heteroatoms. The molecule has 1 aromatic heterocycles. The average Bonchev–Trinajstić information content (AvgIpc) is 2.98. The van der Waals surface area contributed by atoms with E-state index in [1.54, 1.807) is 0 Å². The molecule has 84 valence electrons. The smallest absolute Gasteiger partial charge is 0.0521 e. The first-order chi connectivity index (χ1) is 7.29. The molecule has 1 aliphatic carbocycles. The van der Waals surface area contributed by atoms with Gasteiger partial charge in [-0.2, -0.15) is 5.10 Å². The van der Waals surface area contributed by atoms with Crippen molar-refractivity contribution >= 4 is 15.9 Å². The van der Waals surface area contributed by atoms with Crippen molar-refractivity contribution in [2.75, 3.05) is 0 Å². The predicted molar refractivity (Wildman–Crippen MR) is 66.3 cm³/mol. The third kappa shape index (κ3) is 3.33. The Bertz CT molecular complexity index is 304. The number of rotatable bonds is 6. The van der Waals surface area contributed by atoms with E-state index in [0.29, 0.717) is 0 Å². The van der Waals surface area contributed by atoms with E-state index in [0.717, 1.165) is 30.1 Å². The van der Waals surface area contributed by atoms with E-state index in [1.165, 1.54) is 24.8 Å². The molecule has 15 heavy (non-hydrogen) atoms. The zero-order valence-corrected chi connectivity index (χ0v) is 10.9. The molecule has 2 rings (SSSR count). The van der Waals surface area contributed by atoms with Crippen LogP contribution in [0.3, 0.4) is 0 Å². The summed E-state index contributed by atoms with van der Waals surface area (Å²) in [4.78, 5) is 0.729. The Balaban J connectivity index is 1.76. The highest BCUT2D eigenvalue weighted by atomic mass is 79.9. The molecule has 0 spiro atoms. The number of hydrogen-bond donors (Lipinski definition) is 0. The van der Waals surface area contributed by atoms with Crippen molar-refractivity contribution < 1.29 is 0 Å². The lowest BCUT2D eigenvalue weighted by molar-refractivity contribution is 0.601. The number of aryl methyl sites for hydroxylation is 2. The summed E-state index contributed by atoms with van der Waals surface area (Å²) in [6.07, 6.45) is 10.6. The lowest BCUT2D eigenvalue weighted by Crippen LogP contribution is -2.01. The Kier molecular flexibility index (Phi) is 3.84. The van der Waals surface area contributed by atoms with Gasteiger partial charge >= 0.3 is 0 Å². The lowest BCUT2D eigenvalue weighted by Gasteiger charge is -2.05. The van der Waals surface area contributed by atoms with Crippen LogP contribution in [0.4, 0.5) is 0 Å². The van der Waals surface area contributed by atoms with Gasteiger partial charge in [0.1, 0.15) is 0 Å². The van der Waals surface area contributed by atoms with Crippen LogP contribution in [0, 0.1) is 5.92 Å². The Labute approximate surface area is 100 Å². The largest absolute Gasteiger partial charge is 0.272 e. The van der Waals surface area contributed by atoms with Crippen molar-refractivity contribution in [1.29, 1.82) is 0 Å². The van der Waals surface area contributed by atoms with Crippen molar-refractivity contribution in [2.24, 2.45) is 5.92 Å². The summed E-state index contributed by atoms with van der Waals surface area (Å²) in [5.41, 5.74) is 1.38. The summed E-state index contributed by atoms with van der Waals surface area (Å²) in [7, 11) is 0. The Hall–Kier alpha value is -0.310. The third-order valence-corrected chi connectivity index (χ3v) is 4.19. The van der Waals surface area contributed by atoms with Gasteiger partial charge in [0.25, 0.3) is 0 Å². The first kappa shape index (κ1) is 11.2. The van der Waals surface area contributed by atoms with Gasteiger partial charge in [-0.15, -0.1) is 0 Å². The van der Waals surface area contributed by atoms with Gasteiger partial charge in [-0.25, -0.2) is 0 Å². The minimum absolute atomic E-state index is 0.729. The van der Waals surface area contributed by atoms with Crippen LogP contribution in [-0.2, 0) is 13.0 Å². The second-order valence-electron chi connectivity index (χ2n) is 4.50. The standard InChI is InChI=1S/C12H19BrN2/c1-2-7-15-9-10(8-14-15)3-6-12(13)11-4-5-11/h8-9,11-12H,2-7H2,1H3. The minimum Gasteiger partial charge on any atom is -0.272 e. The number of aromatic nitrogens is 2. The monoisotopic (exact) mass is 270 g/mol. The van der Waals surface area contributed by atoms with E-state index in [9.17, 15) is 0 Å². The van der Waals surface area contributed by atoms with Gasteiger partial charge in [-0.3, -0.25) is 4.68 Å². The molecule has 0 aromatic carbocycles. The van der Waals surface area contributed by atoms with E-state index in [2.05, 4.69) is 38.8 Å². The molecule has 1 aliphatic rings. The number of halogens is 1. The average molecular weight is 271 g/mol. The second kappa shape index (κ2) is 5.15. The normalized spacial score (nSPS) is 18.0. The van der Waals surface area contributed by atoms with Gasteiger partial charge in [-0.05, 0) is 43.6 Å². The molecular formula is C12H19BrN2. The summed E-state index contributed by atoms with van der Waals surface area (Å²) >= 11 is 3.77. The quantitative estimate of drug-likeness (QED) is 0.725. The van der Waals surface area contributed by atoms with E-state index in [1.807, 2.05) is 6.20 Å². The number of alkyl halides is 1. The lowest BCUT2D eigenvalue weighted by atomic mass is 10.1. The van der Waals surface area contributed by atoms with Crippen molar-refractivity contribution in [3.8, 4) is 0 Å². The predicted octanol–water partition coefficient (Wildman–Crippen LogP) is 3.40. The fourth-order valence-electron chi connectivity index (χ4n) is 1.89. The van der Waals surface area contributed by atoms with Crippen LogP contribution in [0.5, 0.6) is 0 Å². The molecule has 1 heterocycles. The molecule has 1 aromatic rings. The highest BCUT2D eigenvalue weighted by Crippen LogP contribution is 2.38. The van der Waals surface area contributed by atoms with Gasteiger partial charge in [0.05, 0.1) is 6.20 Å². The van der Waals surface area contributed by atoms with Gasteiger partial charge in [0.2, 0.25) is 0 Å². The molecule has 0 N–H and O–H groups in total. The SMILES string of the molecule is CCCn1cc(CCC(Br)C2CC2)cn1. The first-order valence-electron chi connectivity index (χ1n) is 5.95. The van der Waals surface area contributed by atoms with Gasteiger partial charge in [0.15, 0.2) is 0 Å². The minimum atomic E-state index is 0.729. The fourth-order valence-corrected chi connectivity index (χ4v) is 2.64. The highest BCUT2D eigenvalue weighted by Gasteiger charge is 2.28. The van der Waals surface area contributed by atoms with Crippen LogP contribution < -0.4 is 0 Å². The van der Waals surface area contributed by atoms with Crippen molar-refractivity contribution in [2.45, 2.75) is 50.4 Å². The second-order valence-corrected chi connectivity index (χ2v) is 5.68. The molecule has 2 nitrogen and oxygen atoms in total. The van der Waals surface area contributed by atoms with Crippen LogP contribution in [0.25, 0.3) is 0 Å². The molecule has 1 fully saturated rings. The van der Waals surface area contributed by atoms with Crippen molar-refractivity contribution in [1.82, 2.24) is 9.78 Å². The Morgan fingerprint density at radius 3 is 3.07 bits per heavy atom. The van der Waals surface area contributed by atoms with Crippen LogP contribution in [-0.4, -0.2) is 14.6 Å². The van der Waals surface area contributed by atoms with Gasteiger partial charge < -0.3 is 0 Å². The van der Waals surface area contributed by atoms with Crippen LogP contribution in [0.15, 0.2) is 12.4 Å². The van der Waals surface area contributed by atoms with Gasteiger partial charge in [0, 0.05) is 17.6 Å². The Morgan fingerprint density at radius 2 is 2.40 bits per heavy atom. The molecule has 0 saturated heterocycles. The zero-order valence-electron chi connectivity index (χ0n) is 9.32. The molecule has 1 atom stereocenters. The molecule has 1 saturated carbocycles. The third-order valence-electron chi connectivity index (χ3n) is 2.98. The fraction of sp³-hybridized carbons (Fsp3) is 0.750. The maximum atomic E-state index is 4.35. The van der Waals surface area contributed by atoms with Gasteiger partial charge in [-0.1, -0.05) is 22.9 Å². The van der Waals surface area contributed by atoms with Crippen molar-refractivity contribution in [3.63, 3.8) is 0 Å². The first-order valence-corrected chi connectivity index (χ1v) is 6.86. The Morgan fingerprint density at radius 1 is 1.60 bits per heavy atom. The summed E-state index contributed by atoms with van der Waals surface area (Å²) in [6.45, 7) is 3.23. The summed E-state index contributed by atoms with van der Waals surface area (Å²) in [6, 6.07) is 0. The van der Waals surface area contributed by atoms with Crippen LogP contribution >= 0.6 is 15.9 Å². The molecule has 0 bridgehead atoms. The van der Waals surface area contributed by atoms with E-state index >= 15 is 0 Å². The molecular weight excluding hydrogens is 252 g/mol. The van der Waals surface area contributed by atoms with E-state index in [4.69, 9.17) is 0 Å². The molecule has 0 aliphatic heterocycles. The van der Waals surface area contributed by atoms with Crippen LogP contribution in [0.2, 0.25) is 0 Å². The zero-order chi connectivity index (χ0) is 10.7. The number of hydrogen-bond acceptors (Lipinski definition) is 1.